The minimum absolute atomic E-state index is 0.250. The van der Waals surface area contributed by atoms with E-state index < -0.39 is 40.8 Å². The normalized spacial score (nSPS) is 17.6. The molecule has 1 saturated heterocycles. The van der Waals surface area contributed by atoms with Crippen LogP contribution in [0.4, 0.5) is 14.5 Å². The summed E-state index contributed by atoms with van der Waals surface area (Å²) in [5.41, 5.74) is 0.585. The molecule has 32 heavy (non-hydrogen) atoms. The van der Waals surface area contributed by atoms with Crippen molar-refractivity contribution in [3.63, 3.8) is 0 Å². The largest absolute Gasteiger partial charge is 0.507 e. The van der Waals surface area contributed by atoms with Crippen LogP contribution in [0, 0.1) is 18.6 Å². The number of benzene rings is 2. The molecule has 1 N–H and O–H groups in total. The molecule has 0 radical (unpaired) electrons. The fourth-order valence-electron chi connectivity index (χ4n) is 3.78. The Kier molecular flexibility index (Phi) is 5.44. The number of ether oxygens (including phenoxy) is 1. The molecule has 0 bridgehead atoms. The third-order valence-electron chi connectivity index (χ3n) is 5.30. The van der Waals surface area contributed by atoms with Gasteiger partial charge in [-0.3, -0.25) is 19.5 Å². The smallest absolute Gasteiger partial charge is 0.300 e. The second-order valence-electron chi connectivity index (χ2n) is 7.23. The predicted octanol–water partition coefficient (Wildman–Crippen LogP) is 4.30. The Bertz CT molecular complexity index is 1260. The predicted molar refractivity (Wildman–Crippen MR) is 113 cm³/mol. The lowest BCUT2D eigenvalue weighted by atomic mass is 9.94. The molecular formula is C24H18F2N2O4. The Labute approximate surface area is 182 Å². The SMILES string of the molecule is COc1ccc(/C(O)=C2/C(=O)C(=O)N(c3cc(F)ccc3F)C2c2cccnc2)c(C)c1. The van der Waals surface area contributed by atoms with Crippen LogP contribution in [0.25, 0.3) is 5.76 Å². The van der Waals surface area contributed by atoms with Gasteiger partial charge in [0.25, 0.3) is 11.7 Å². The van der Waals surface area contributed by atoms with E-state index in [0.29, 0.717) is 22.4 Å². The molecule has 1 amide bonds. The molecule has 0 aliphatic carbocycles. The van der Waals surface area contributed by atoms with Crippen molar-refractivity contribution >= 4 is 23.1 Å². The van der Waals surface area contributed by atoms with E-state index in [9.17, 15) is 23.5 Å². The van der Waals surface area contributed by atoms with E-state index in [1.165, 1.54) is 19.5 Å². The van der Waals surface area contributed by atoms with Crippen LogP contribution in [0.3, 0.4) is 0 Å². The number of aliphatic hydroxyl groups excluding tert-OH is 1. The van der Waals surface area contributed by atoms with Crippen LogP contribution in [0.1, 0.15) is 22.7 Å². The van der Waals surface area contributed by atoms with Crippen molar-refractivity contribution in [1.29, 1.82) is 0 Å². The Morgan fingerprint density at radius 2 is 1.91 bits per heavy atom. The average molecular weight is 436 g/mol. The maximum absolute atomic E-state index is 14.6. The molecule has 1 aromatic heterocycles. The number of Topliss-reactive ketones (excluding diaryl/α,β-unsaturated/α-hetero) is 1. The molecule has 1 unspecified atom stereocenters. The van der Waals surface area contributed by atoms with E-state index in [1.807, 2.05) is 0 Å². The van der Waals surface area contributed by atoms with E-state index in [4.69, 9.17) is 4.74 Å². The number of carbonyl (C=O) groups excluding carboxylic acids is 2. The molecule has 1 aliphatic heterocycles. The van der Waals surface area contributed by atoms with Crippen molar-refractivity contribution in [2.24, 2.45) is 0 Å². The molecule has 0 saturated carbocycles. The second-order valence-corrected chi connectivity index (χ2v) is 7.23. The van der Waals surface area contributed by atoms with Gasteiger partial charge in [-0.05, 0) is 54.4 Å². The quantitative estimate of drug-likeness (QED) is 0.375. The van der Waals surface area contributed by atoms with Crippen LogP contribution in [0.5, 0.6) is 5.75 Å². The molecule has 6 nitrogen and oxygen atoms in total. The minimum atomic E-state index is -1.21. The maximum Gasteiger partial charge on any atom is 0.300 e. The van der Waals surface area contributed by atoms with Gasteiger partial charge in [0.15, 0.2) is 0 Å². The lowest BCUT2D eigenvalue weighted by molar-refractivity contribution is -0.132. The highest BCUT2D eigenvalue weighted by atomic mass is 19.1. The molecule has 2 aromatic carbocycles. The van der Waals surface area contributed by atoms with Crippen molar-refractivity contribution in [1.82, 2.24) is 4.98 Å². The highest BCUT2D eigenvalue weighted by molar-refractivity contribution is 6.51. The number of hydrogen-bond donors (Lipinski definition) is 1. The number of methoxy groups -OCH3 is 1. The number of rotatable bonds is 4. The molecule has 1 aliphatic rings. The number of aliphatic hydroxyl groups is 1. The third kappa shape index (κ3) is 3.49. The number of pyridine rings is 1. The number of nitrogens with zero attached hydrogens (tertiary/aromatic N) is 2. The first-order valence-corrected chi connectivity index (χ1v) is 9.64. The maximum atomic E-state index is 14.6. The number of halogens is 2. The van der Waals surface area contributed by atoms with Crippen molar-refractivity contribution in [3.05, 3.63) is 94.8 Å². The molecule has 162 valence electrons. The zero-order valence-electron chi connectivity index (χ0n) is 17.2. The standard InChI is InChI=1S/C24H18F2N2O4/c1-13-10-16(32-2)6-7-17(13)22(29)20-21(14-4-3-9-27-12-14)28(24(31)23(20)30)19-11-15(25)5-8-18(19)26/h3-12,21,29H,1-2H3/b22-20-. The van der Waals surface area contributed by atoms with Gasteiger partial charge in [0.05, 0.1) is 24.4 Å². The monoisotopic (exact) mass is 436 g/mol. The Hall–Kier alpha value is -4.07. The number of ketones is 1. The zero-order chi connectivity index (χ0) is 23.0. The number of aromatic nitrogens is 1. The summed E-state index contributed by atoms with van der Waals surface area (Å²) >= 11 is 0. The highest BCUT2D eigenvalue weighted by Crippen LogP contribution is 2.43. The third-order valence-corrected chi connectivity index (χ3v) is 5.30. The molecule has 4 rings (SSSR count). The van der Waals surface area contributed by atoms with Crippen LogP contribution in [0.15, 0.2) is 66.5 Å². The van der Waals surface area contributed by atoms with Crippen LogP contribution >= 0.6 is 0 Å². The summed E-state index contributed by atoms with van der Waals surface area (Å²) in [4.78, 5) is 30.9. The Balaban J connectivity index is 1.97. The summed E-state index contributed by atoms with van der Waals surface area (Å²) in [6, 6.07) is 9.40. The summed E-state index contributed by atoms with van der Waals surface area (Å²) in [6.45, 7) is 1.71. The molecular weight excluding hydrogens is 418 g/mol. The Morgan fingerprint density at radius 1 is 1.12 bits per heavy atom. The first kappa shape index (κ1) is 21.2. The second kappa shape index (κ2) is 8.22. The van der Waals surface area contributed by atoms with E-state index >= 15 is 0 Å². The van der Waals surface area contributed by atoms with Gasteiger partial charge in [0.1, 0.15) is 23.1 Å². The summed E-state index contributed by atoms with van der Waals surface area (Å²) < 4.78 is 33.7. The van der Waals surface area contributed by atoms with Crippen molar-refractivity contribution < 1.29 is 28.2 Å². The zero-order valence-corrected chi connectivity index (χ0v) is 17.2. The van der Waals surface area contributed by atoms with Crippen LogP contribution in [-0.4, -0.2) is 28.9 Å². The van der Waals surface area contributed by atoms with E-state index in [1.54, 1.807) is 37.3 Å². The summed E-state index contributed by atoms with van der Waals surface area (Å²) in [6.07, 6.45) is 2.89. The molecule has 1 atom stereocenters. The average Bonchev–Trinajstić information content (AvgIpc) is 3.06. The summed E-state index contributed by atoms with van der Waals surface area (Å²) in [5, 5.41) is 11.1. The van der Waals surface area contributed by atoms with Crippen molar-refractivity contribution in [2.45, 2.75) is 13.0 Å². The number of aryl methyl sites for hydroxylation is 1. The minimum Gasteiger partial charge on any atom is -0.507 e. The highest BCUT2D eigenvalue weighted by Gasteiger charge is 2.48. The van der Waals surface area contributed by atoms with Gasteiger partial charge in [-0.15, -0.1) is 0 Å². The van der Waals surface area contributed by atoms with Gasteiger partial charge in [0, 0.05) is 24.0 Å². The fraction of sp³-hybridized carbons (Fsp3) is 0.125. The van der Waals surface area contributed by atoms with Crippen LogP contribution in [-0.2, 0) is 9.59 Å². The van der Waals surface area contributed by atoms with Gasteiger partial charge in [-0.1, -0.05) is 6.07 Å². The van der Waals surface area contributed by atoms with E-state index in [0.717, 1.165) is 23.1 Å². The van der Waals surface area contributed by atoms with Crippen molar-refractivity contribution in [2.75, 3.05) is 12.0 Å². The van der Waals surface area contributed by atoms with Gasteiger partial charge in [-0.25, -0.2) is 8.78 Å². The molecule has 3 aromatic rings. The fourth-order valence-corrected chi connectivity index (χ4v) is 3.78. The first-order chi connectivity index (χ1) is 15.3. The van der Waals surface area contributed by atoms with E-state index in [-0.39, 0.29) is 5.57 Å². The van der Waals surface area contributed by atoms with Gasteiger partial charge in [0.2, 0.25) is 0 Å². The van der Waals surface area contributed by atoms with Crippen LogP contribution < -0.4 is 9.64 Å². The lowest BCUT2D eigenvalue weighted by Crippen LogP contribution is -2.30. The number of anilines is 1. The lowest BCUT2D eigenvalue weighted by Gasteiger charge is -2.25. The number of carbonyl (C=O) groups is 2. The first-order valence-electron chi connectivity index (χ1n) is 9.64. The molecule has 1 fully saturated rings. The van der Waals surface area contributed by atoms with Gasteiger partial charge < -0.3 is 9.84 Å². The van der Waals surface area contributed by atoms with Gasteiger partial charge in [-0.2, -0.15) is 0 Å². The Morgan fingerprint density at radius 3 is 2.56 bits per heavy atom. The number of hydrogen-bond acceptors (Lipinski definition) is 5. The molecule has 2 heterocycles. The topological polar surface area (TPSA) is 79.7 Å². The molecule has 8 heteroatoms. The number of amides is 1. The summed E-state index contributed by atoms with van der Waals surface area (Å²) in [5.74, 6) is -3.66. The van der Waals surface area contributed by atoms with E-state index in [2.05, 4.69) is 4.98 Å². The van der Waals surface area contributed by atoms with Crippen molar-refractivity contribution in [3.8, 4) is 5.75 Å². The summed E-state index contributed by atoms with van der Waals surface area (Å²) in [7, 11) is 1.50. The van der Waals surface area contributed by atoms with Crippen LogP contribution in [0.2, 0.25) is 0 Å². The molecule has 0 spiro atoms. The van der Waals surface area contributed by atoms with Gasteiger partial charge >= 0.3 is 0 Å².